The summed E-state index contributed by atoms with van der Waals surface area (Å²) in [5.74, 6) is 0.459. The van der Waals surface area contributed by atoms with Crippen molar-refractivity contribution >= 4 is 17.5 Å². The summed E-state index contributed by atoms with van der Waals surface area (Å²) in [5.41, 5.74) is 3.09. The van der Waals surface area contributed by atoms with Crippen molar-refractivity contribution in [3.63, 3.8) is 0 Å². The van der Waals surface area contributed by atoms with Gasteiger partial charge in [0.15, 0.2) is 0 Å². The van der Waals surface area contributed by atoms with Gasteiger partial charge in [0.1, 0.15) is 0 Å². The van der Waals surface area contributed by atoms with E-state index in [0.717, 1.165) is 16.8 Å². The molecule has 1 aliphatic heterocycles. The molecule has 3 aliphatic carbocycles. The summed E-state index contributed by atoms with van der Waals surface area (Å²) >= 11 is 0. The standard InChI is InChI=1S/C19H19NO2/c1-10-4-3-5-11(2)16(10)20-17(21)14-12-6-7-13(15(14)18(20)22)19(12)8-9-19/h3-7,12-15H,8-9H2,1-2H3/t12-,13-,14-,15-/m0/s1. The van der Waals surface area contributed by atoms with E-state index < -0.39 is 0 Å². The summed E-state index contributed by atoms with van der Waals surface area (Å²) in [6, 6.07) is 5.93. The summed E-state index contributed by atoms with van der Waals surface area (Å²) in [6.45, 7) is 3.96. The number of aryl methyl sites for hydroxylation is 2. The maximum atomic E-state index is 13.1. The first-order valence-corrected chi connectivity index (χ1v) is 8.18. The summed E-state index contributed by atoms with van der Waals surface area (Å²) in [7, 11) is 0. The first-order chi connectivity index (χ1) is 10.6. The fourth-order valence-corrected chi connectivity index (χ4v) is 5.46. The van der Waals surface area contributed by atoms with E-state index in [9.17, 15) is 9.59 Å². The largest absolute Gasteiger partial charge is 0.274 e. The average Bonchev–Trinajstić information content (AvgIpc) is 3.08. The number of hydrogen-bond donors (Lipinski definition) is 0. The van der Waals surface area contributed by atoms with Gasteiger partial charge in [-0.1, -0.05) is 30.4 Å². The molecule has 0 radical (unpaired) electrons. The van der Waals surface area contributed by atoms with Gasteiger partial charge in [0.2, 0.25) is 11.8 Å². The van der Waals surface area contributed by atoms with Gasteiger partial charge in [0, 0.05) is 0 Å². The van der Waals surface area contributed by atoms with Gasteiger partial charge in [-0.05, 0) is 55.1 Å². The van der Waals surface area contributed by atoms with Crippen molar-refractivity contribution in [3.05, 3.63) is 41.5 Å². The lowest BCUT2D eigenvalue weighted by Crippen LogP contribution is -2.35. The van der Waals surface area contributed by atoms with Crippen molar-refractivity contribution in [1.29, 1.82) is 0 Å². The number of allylic oxidation sites excluding steroid dienone is 2. The highest BCUT2D eigenvalue weighted by atomic mass is 16.2. The first-order valence-electron chi connectivity index (χ1n) is 8.18. The molecule has 3 fully saturated rings. The number of imide groups is 1. The number of hydrogen-bond acceptors (Lipinski definition) is 2. The molecular formula is C19H19NO2. The van der Waals surface area contributed by atoms with Crippen LogP contribution in [0.25, 0.3) is 0 Å². The van der Waals surface area contributed by atoms with E-state index >= 15 is 0 Å². The first kappa shape index (κ1) is 12.6. The average molecular weight is 293 g/mol. The number of amides is 2. The minimum atomic E-state index is -0.107. The zero-order chi connectivity index (χ0) is 15.2. The molecule has 2 bridgehead atoms. The van der Waals surface area contributed by atoms with Gasteiger partial charge in [-0.3, -0.25) is 9.59 Å². The Bertz CT molecular complexity index is 704. The van der Waals surface area contributed by atoms with E-state index in [-0.39, 0.29) is 29.1 Å². The number of anilines is 1. The minimum Gasteiger partial charge on any atom is -0.274 e. The van der Waals surface area contributed by atoms with Crippen LogP contribution in [0.1, 0.15) is 24.0 Å². The second kappa shape index (κ2) is 3.70. The molecule has 0 unspecified atom stereocenters. The Balaban J connectivity index is 1.62. The van der Waals surface area contributed by atoms with E-state index in [1.165, 1.54) is 17.7 Å². The molecule has 1 aromatic rings. The van der Waals surface area contributed by atoms with Crippen molar-refractivity contribution in [2.24, 2.45) is 29.1 Å². The molecule has 0 N–H and O–H groups in total. The second-order valence-electron chi connectivity index (χ2n) is 7.47. The van der Waals surface area contributed by atoms with Crippen molar-refractivity contribution in [3.8, 4) is 0 Å². The molecule has 1 saturated heterocycles. The number of para-hydroxylation sites is 1. The predicted molar refractivity (Wildman–Crippen MR) is 83.2 cm³/mol. The SMILES string of the molecule is Cc1cccc(C)c1N1C(=O)[C@@H]2[C@@H](C1=O)[C@@H]1C=C[C@@H]2C12CC2. The monoisotopic (exact) mass is 293 g/mol. The van der Waals surface area contributed by atoms with Gasteiger partial charge < -0.3 is 0 Å². The maximum Gasteiger partial charge on any atom is 0.238 e. The lowest BCUT2D eigenvalue weighted by Gasteiger charge is -2.24. The van der Waals surface area contributed by atoms with Crippen LogP contribution in [0.2, 0.25) is 0 Å². The molecule has 4 aliphatic rings. The van der Waals surface area contributed by atoms with Gasteiger partial charge in [0.25, 0.3) is 0 Å². The summed E-state index contributed by atoms with van der Waals surface area (Å²) in [6.07, 6.45) is 6.81. The van der Waals surface area contributed by atoms with Crippen LogP contribution in [0.4, 0.5) is 5.69 Å². The van der Waals surface area contributed by atoms with E-state index in [4.69, 9.17) is 0 Å². The third kappa shape index (κ3) is 1.21. The fraction of sp³-hybridized carbons (Fsp3) is 0.474. The van der Waals surface area contributed by atoms with Crippen LogP contribution in [0, 0.1) is 42.9 Å². The maximum absolute atomic E-state index is 13.1. The molecule has 112 valence electrons. The van der Waals surface area contributed by atoms with Crippen LogP contribution in [-0.2, 0) is 9.59 Å². The van der Waals surface area contributed by atoms with E-state index in [0.29, 0.717) is 11.8 Å². The fourth-order valence-electron chi connectivity index (χ4n) is 5.46. The van der Waals surface area contributed by atoms with Crippen molar-refractivity contribution in [2.45, 2.75) is 26.7 Å². The number of benzene rings is 1. The number of carbonyl (C=O) groups excluding carboxylic acids is 2. The van der Waals surface area contributed by atoms with Gasteiger partial charge in [0.05, 0.1) is 17.5 Å². The number of carbonyl (C=O) groups is 2. The highest BCUT2D eigenvalue weighted by molar-refractivity contribution is 6.23. The molecule has 3 heteroatoms. The summed E-state index contributed by atoms with van der Waals surface area (Å²) in [5, 5.41) is 0. The van der Waals surface area contributed by atoms with Crippen molar-refractivity contribution < 1.29 is 9.59 Å². The molecular weight excluding hydrogens is 274 g/mol. The molecule has 2 amide bonds. The Kier molecular flexibility index (Phi) is 2.13. The topological polar surface area (TPSA) is 37.4 Å². The van der Waals surface area contributed by atoms with Crippen LogP contribution < -0.4 is 4.90 Å². The zero-order valence-corrected chi connectivity index (χ0v) is 12.9. The Labute approximate surface area is 130 Å². The van der Waals surface area contributed by atoms with E-state index in [1.807, 2.05) is 32.0 Å². The molecule has 4 atom stereocenters. The Morgan fingerprint density at radius 3 is 1.91 bits per heavy atom. The highest BCUT2D eigenvalue weighted by Gasteiger charge is 2.73. The van der Waals surface area contributed by atoms with Crippen LogP contribution in [0.15, 0.2) is 30.4 Å². The molecule has 2 saturated carbocycles. The van der Waals surface area contributed by atoms with Crippen LogP contribution in [-0.4, -0.2) is 11.8 Å². The van der Waals surface area contributed by atoms with Gasteiger partial charge in [-0.25, -0.2) is 4.90 Å². The minimum absolute atomic E-state index is 0.0375. The van der Waals surface area contributed by atoms with Crippen molar-refractivity contribution in [1.82, 2.24) is 0 Å². The van der Waals surface area contributed by atoms with E-state index in [1.54, 1.807) is 0 Å². The number of nitrogens with zero attached hydrogens (tertiary/aromatic N) is 1. The lowest BCUT2D eigenvalue weighted by atomic mass is 9.85. The molecule has 22 heavy (non-hydrogen) atoms. The molecule has 3 nitrogen and oxygen atoms in total. The van der Waals surface area contributed by atoms with Gasteiger partial charge in [-0.2, -0.15) is 0 Å². The van der Waals surface area contributed by atoms with Crippen molar-refractivity contribution in [2.75, 3.05) is 4.90 Å². The van der Waals surface area contributed by atoms with Crippen LogP contribution in [0.3, 0.4) is 0 Å². The Hall–Kier alpha value is -1.90. The third-order valence-corrected chi connectivity index (χ3v) is 6.52. The molecule has 1 heterocycles. The number of rotatable bonds is 1. The molecule has 0 aromatic heterocycles. The molecule has 1 spiro atoms. The summed E-state index contributed by atoms with van der Waals surface area (Å²) in [4.78, 5) is 27.7. The molecule has 1 aromatic carbocycles. The summed E-state index contributed by atoms with van der Waals surface area (Å²) < 4.78 is 0. The normalized spacial score (nSPS) is 36.5. The zero-order valence-electron chi connectivity index (χ0n) is 12.9. The molecule has 5 rings (SSSR count). The predicted octanol–water partition coefficient (Wildman–Crippen LogP) is 3.01. The quantitative estimate of drug-likeness (QED) is 0.589. The highest BCUT2D eigenvalue weighted by Crippen LogP contribution is 2.73. The number of fused-ring (bicyclic) bond motifs is 3. The third-order valence-electron chi connectivity index (χ3n) is 6.52. The Morgan fingerprint density at radius 1 is 0.955 bits per heavy atom. The van der Waals surface area contributed by atoms with Crippen LogP contribution in [0.5, 0.6) is 0 Å². The van der Waals surface area contributed by atoms with E-state index in [2.05, 4.69) is 12.2 Å². The smallest absolute Gasteiger partial charge is 0.238 e. The second-order valence-corrected chi connectivity index (χ2v) is 7.47. The van der Waals surface area contributed by atoms with Gasteiger partial charge in [-0.15, -0.1) is 0 Å². The Morgan fingerprint density at radius 2 is 1.45 bits per heavy atom. The lowest BCUT2D eigenvalue weighted by molar-refractivity contribution is -0.123. The van der Waals surface area contributed by atoms with Crippen LogP contribution >= 0.6 is 0 Å². The van der Waals surface area contributed by atoms with Gasteiger partial charge >= 0.3 is 0 Å².